The van der Waals surface area contributed by atoms with E-state index < -0.39 is 6.04 Å². The van der Waals surface area contributed by atoms with E-state index in [-0.39, 0.29) is 19.3 Å². The first-order valence-corrected chi connectivity index (χ1v) is 12.4. The molecule has 1 aliphatic rings. The molecule has 1 atom stereocenters. The van der Waals surface area contributed by atoms with Crippen LogP contribution < -0.4 is 11.1 Å². The lowest BCUT2D eigenvalue weighted by Crippen LogP contribution is -2.34. The van der Waals surface area contributed by atoms with Crippen LogP contribution in [0, 0.1) is 0 Å². The first kappa shape index (κ1) is 35.7. The molecule has 4 N–H and O–H groups in total. The smallest absolute Gasteiger partial charge is 0.322 e. The minimum atomic E-state index is -0.447. The summed E-state index contributed by atoms with van der Waals surface area (Å²) < 4.78 is 4.44. The summed E-state index contributed by atoms with van der Waals surface area (Å²) in [5.74, 6) is 0.633. The fraction of sp³-hybridized carbons (Fsp3) is 0.739. The lowest BCUT2D eigenvalue weighted by atomic mass is 10.2. The lowest BCUT2D eigenvalue weighted by Gasteiger charge is -2.14. The van der Waals surface area contributed by atoms with E-state index in [1.807, 2.05) is 13.0 Å². The number of nitrogens with one attached hydrogen (secondary N) is 2. The van der Waals surface area contributed by atoms with Crippen LogP contribution in [0.5, 0.6) is 0 Å². The van der Waals surface area contributed by atoms with Crippen molar-refractivity contribution in [3.63, 3.8) is 0 Å². The van der Waals surface area contributed by atoms with Crippen molar-refractivity contribution in [2.75, 3.05) is 45.3 Å². The molecule has 0 aromatic carbocycles. The van der Waals surface area contributed by atoms with Crippen LogP contribution in [0.3, 0.4) is 0 Å². The number of H-pyrrole nitrogens is 1. The highest BCUT2D eigenvalue weighted by Gasteiger charge is 2.12. The second-order valence-electron chi connectivity index (χ2n) is 7.06. The van der Waals surface area contributed by atoms with Crippen molar-refractivity contribution in [1.29, 1.82) is 0 Å². The number of nitrogens with zero attached hydrogens (tertiary/aromatic N) is 2. The molecule has 0 radical (unpaired) electrons. The predicted octanol–water partition coefficient (Wildman–Crippen LogP) is 2.66. The molecule has 0 bridgehead atoms. The fourth-order valence-corrected chi connectivity index (χ4v) is 2.98. The Hall–Kier alpha value is -1.91. The van der Waals surface area contributed by atoms with Crippen molar-refractivity contribution in [2.45, 2.75) is 65.8 Å². The highest BCUT2D eigenvalue weighted by atomic mass is 32.2. The third kappa shape index (κ3) is 21.7. The molecule has 0 spiro atoms. The number of amides is 1. The van der Waals surface area contributed by atoms with Crippen LogP contribution in [-0.4, -0.2) is 84.9 Å². The summed E-state index contributed by atoms with van der Waals surface area (Å²) in [6.07, 6.45) is 11.6. The van der Waals surface area contributed by atoms with Gasteiger partial charge in [-0.15, -0.1) is 0 Å². The maximum atomic E-state index is 11.5. The highest BCUT2D eigenvalue weighted by Crippen LogP contribution is 2.05. The van der Waals surface area contributed by atoms with Crippen molar-refractivity contribution >= 4 is 30.4 Å². The third-order valence-corrected chi connectivity index (χ3v) is 5.14. The molecule has 0 saturated carbocycles. The standard InChI is InChI=1S/C11H18N4O.C6H13NO2S.C4H10.CH2O.CH4/c16-11(7-10-8-12-9-14-10)13-3-6-15-4-1-2-5-15;1-9-6(8)5(7)3-4-10-2;1-3-4-2;1-2;/h8-9H,1-7H2,(H,12,14)(H,13,16);5H,3-4,7H2,1-2H3;3-4H2,1-2H3;1H2;1H4/t;5-;;;/m.0.../s1. The molecule has 1 aromatic rings. The minimum Gasteiger partial charge on any atom is -0.468 e. The second-order valence-corrected chi connectivity index (χ2v) is 8.05. The van der Waals surface area contributed by atoms with Gasteiger partial charge in [-0.25, -0.2) is 4.98 Å². The monoisotopic (exact) mass is 489 g/mol. The van der Waals surface area contributed by atoms with Crippen LogP contribution in [0.25, 0.3) is 0 Å². The Bertz CT molecular complexity index is 553. The summed E-state index contributed by atoms with van der Waals surface area (Å²) in [5, 5.41) is 2.92. The number of methoxy groups -OCH3 is 1. The van der Waals surface area contributed by atoms with Gasteiger partial charge in [-0.05, 0) is 44.4 Å². The Labute approximate surface area is 205 Å². The molecular weight excluding hydrogens is 442 g/mol. The molecule has 1 amide bonds. The van der Waals surface area contributed by atoms with Gasteiger partial charge in [-0.3, -0.25) is 9.59 Å². The summed E-state index contributed by atoms with van der Waals surface area (Å²) in [4.78, 5) is 39.3. The van der Waals surface area contributed by atoms with E-state index in [0.29, 0.717) is 12.8 Å². The number of ether oxygens (including phenoxy) is 1. The van der Waals surface area contributed by atoms with Gasteiger partial charge in [-0.2, -0.15) is 11.8 Å². The number of imidazole rings is 1. The highest BCUT2D eigenvalue weighted by molar-refractivity contribution is 7.98. The maximum Gasteiger partial charge on any atom is 0.322 e. The van der Waals surface area contributed by atoms with Gasteiger partial charge in [0.05, 0.1) is 19.9 Å². The second kappa shape index (κ2) is 26.3. The zero-order valence-electron chi connectivity index (χ0n) is 20.2. The zero-order chi connectivity index (χ0) is 24.6. The molecule has 0 unspecified atom stereocenters. The molecule has 1 fully saturated rings. The molecule has 1 aliphatic heterocycles. The van der Waals surface area contributed by atoms with Crippen LogP contribution >= 0.6 is 11.8 Å². The van der Waals surface area contributed by atoms with E-state index >= 15 is 0 Å². The number of thioether (sulfide) groups is 1. The van der Waals surface area contributed by atoms with Crippen LogP contribution in [-0.2, 0) is 25.5 Å². The zero-order valence-corrected chi connectivity index (χ0v) is 21.0. The van der Waals surface area contributed by atoms with E-state index in [0.717, 1.165) is 24.5 Å². The number of aromatic nitrogens is 2. The maximum absolute atomic E-state index is 11.5. The summed E-state index contributed by atoms with van der Waals surface area (Å²) in [5.41, 5.74) is 6.29. The van der Waals surface area contributed by atoms with Gasteiger partial charge in [0.25, 0.3) is 0 Å². The normalized spacial score (nSPS) is 12.9. The Morgan fingerprint density at radius 3 is 2.36 bits per heavy atom. The molecule has 0 aliphatic carbocycles. The van der Waals surface area contributed by atoms with Crippen molar-refractivity contribution in [1.82, 2.24) is 20.2 Å². The largest absolute Gasteiger partial charge is 0.468 e. The fourth-order valence-electron chi connectivity index (χ4n) is 2.49. The number of esters is 1. The van der Waals surface area contributed by atoms with Crippen LogP contribution in [0.15, 0.2) is 12.5 Å². The predicted molar refractivity (Wildman–Crippen MR) is 138 cm³/mol. The van der Waals surface area contributed by atoms with Gasteiger partial charge in [0, 0.05) is 25.0 Å². The topological polar surface area (TPSA) is 130 Å². The Morgan fingerprint density at radius 1 is 1.30 bits per heavy atom. The minimum absolute atomic E-state index is 0. The molecular formula is C23H47N5O4S. The molecule has 1 aromatic heterocycles. The Morgan fingerprint density at radius 2 is 1.91 bits per heavy atom. The van der Waals surface area contributed by atoms with Crippen LogP contribution in [0.1, 0.15) is 59.1 Å². The van der Waals surface area contributed by atoms with E-state index in [2.05, 4.69) is 38.8 Å². The van der Waals surface area contributed by atoms with Crippen LogP contribution in [0.4, 0.5) is 0 Å². The summed E-state index contributed by atoms with van der Waals surface area (Å²) in [6.45, 7) is 10.4. The number of carbonyl (C=O) groups excluding carboxylic acids is 3. The summed E-state index contributed by atoms with van der Waals surface area (Å²) in [7, 11) is 1.35. The molecule has 33 heavy (non-hydrogen) atoms. The Balaban J connectivity index is -0.000000458. The third-order valence-electron chi connectivity index (χ3n) is 4.49. The number of aromatic amines is 1. The van der Waals surface area contributed by atoms with Gasteiger partial charge < -0.3 is 30.5 Å². The van der Waals surface area contributed by atoms with E-state index in [9.17, 15) is 9.59 Å². The Kier molecular flexibility index (Phi) is 28.5. The first-order valence-electron chi connectivity index (χ1n) is 11.1. The van der Waals surface area contributed by atoms with Gasteiger partial charge in [0.15, 0.2) is 0 Å². The number of carbonyl (C=O) groups is 3. The number of hydrogen-bond acceptors (Lipinski definition) is 8. The molecule has 10 heteroatoms. The quantitative estimate of drug-likeness (QED) is 0.428. The molecule has 2 heterocycles. The number of hydrogen-bond donors (Lipinski definition) is 3. The van der Waals surface area contributed by atoms with E-state index in [4.69, 9.17) is 10.5 Å². The van der Waals surface area contributed by atoms with Crippen molar-refractivity contribution in [3.05, 3.63) is 18.2 Å². The van der Waals surface area contributed by atoms with Crippen molar-refractivity contribution < 1.29 is 19.1 Å². The molecule has 9 nitrogen and oxygen atoms in total. The van der Waals surface area contributed by atoms with Gasteiger partial charge in [0.2, 0.25) is 5.91 Å². The number of unbranched alkanes of at least 4 members (excludes halogenated alkanes) is 1. The number of likely N-dealkylation sites (tertiary alicyclic amines) is 1. The molecule has 2 rings (SSSR count). The van der Waals surface area contributed by atoms with Gasteiger partial charge in [-0.1, -0.05) is 34.1 Å². The van der Waals surface area contributed by atoms with E-state index in [1.54, 1.807) is 24.3 Å². The molecule has 1 saturated heterocycles. The summed E-state index contributed by atoms with van der Waals surface area (Å²) in [6, 6.07) is -0.447. The van der Waals surface area contributed by atoms with Gasteiger partial charge in [0.1, 0.15) is 12.8 Å². The van der Waals surface area contributed by atoms with E-state index in [1.165, 1.54) is 45.9 Å². The SMILES string of the molecule is C.C=O.CCCC.COC(=O)[C@@H](N)CCSC.O=C(Cc1cnc[nH]1)NCCN1CCCC1. The lowest BCUT2D eigenvalue weighted by molar-refractivity contribution is -0.142. The van der Waals surface area contributed by atoms with Crippen LogP contribution in [0.2, 0.25) is 0 Å². The number of nitrogens with two attached hydrogens (primary N) is 1. The average molecular weight is 490 g/mol. The average Bonchev–Trinajstić information content (AvgIpc) is 3.53. The van der Waals surface area contributed by atoms with Gasteiger partial charge >= 0.3 is 5.97 Å². The summed E-state index contributed by atoms with van der Waals surface area (Å²) >= 11 is 1.67. The van der Waals surface area contributed by atoms with Crippen molar-refractivity contribution in [2.24, 2.45) is 5.73 Å². The molecule has 194 valence electrons. The first-order chi connectivity index (χ1) is 15.5. The number of rotatable bonds is 10. The van der Waals surface area contributed by atoms with Crippen molar-refractivity contribution in [3.8, 4) is 0 Å².